The van der Waals surface area contributed by atoms with Crippen LogP contribution in [0.1, 0.15) is 26.2 Å². The van der Waals surface area contributed by atoms with Crippen LogP contribution in [0.15, 0.2) is 0 Å². The first kappa shape index (κ1) is 15.0. The molecule has 2 saturated heterocycles. The van der Waals surface area contributed by atoms with E-state index in [0.29, 0.717) is 18.2 Å². The highest BCUT2D eigenvalue weighted by molar-refractivity contribution is 8.00. The molecule has 2 aliphatic heterocycles. The lowest BCUT2D eigenvalue weighted by Crippen LogP contribution is -2.54. The minimum Gasteiger partial charge on any atom is -0.480 e. The minimum absolute atomic E-state index is 0.00570. The average molecular weight is 314 g/mol. The Bertz CT molecular complexity index is 443. The molecule has 0 aromatic rings. The van der Waals surface area contributed by atoms with Gasteiger partial charge in [0.25, 0.3) is 0 Å². The number of nitrogens with zero attached hydrogens (tertiary/aromatic N) is 2. The van der Waals surface area contributed by atoms with Gasteiger partial charge >= 0.3 is 12.0 Å². The van der Waals surface area contributed by atoms with Crippen molar-refractivity contribution in [3.63, 3.8) is 0 Å². The molecule has 0 radical (unpaired) electrons. The van der Waals surface area contributed by atoms with Crippen LogP contribution in [0.3, 0.4) is 0 Å². The third kappa shape index (κ3) is 2.61. The minimum atomic E-state index is -0.924. The molecule has 3 aliphatic rings. The van der Waals surface area contributed by atoms with Crippen LogP contribution in [-0.4, -0.2) is 68.4 Å². The Morgan fingerprint density at radius 3 is 2.57 bits per heavy atom. The fraction of sp³-hybridized carbons (Fsp3) is 0.857. The summed E-state index contributed by atoms with van der Waals surface area (Å²) in [4.78, 5) is 27.6. The van der Waals surface area contributed by atoms with E-state index in [1.54, 1.807) is 21.6 Å². The van der Waals surface area contributed by atoms with E-state index in [-0.39, 0.29) is 30.0 Å². The topological polar surface area (TPSA) is 81.1 Å². The second-order valence-corrected chi connectivity index (χ2v) is 7.46. The lowest BCUT2D eigenvalue weighted by Gasteiger charge is -2.34. The number of likely N-dealkylation sites (tertiary alicyclic amines) is 1. The quantitative estimate of drug-likeness (QED) is 0.814. The Hall–Kier alpha value is -0.950. The number of amides is 2. The molecule has 21 heavy (non-hydrogen) atoms. The van der Waals surface area contributed by atoms with Crippen molar-refractivity contribution in [2.45, 2.75) is 43.6 Å². The monoisotopic (exact) mass is 314 g/mol. The van der Waals surface area contributed by atoms with Crippen LogP contribution >= 0.6 is 11.8 Å². The summed E-state index contributed by atoms with van der Waals surface area (Å²) in [7, 11) is 0. The molecule has 1 aliphatic carbocycles. The SMILES string of the molecule is CC1CCN(C(=O)N2C(C(=O)O)CSC2C2CC2)C1CO. The zero-order valence-electron chi connectivity index (χ0n) is 12.1. The number of aliphatic carboxylic acids is 1. The predicted octanol–water partition coefficient (Wildman–Crippen LogP) is 1.05. The van der Waals surface area contributed by atoms with Crippen molar-refractivity contribution in [2.24, 2.45) is 11.8 Å². The maximum Gasteiger partial charge on any atom is 0.327 e. The Morgan fingerprint density at radius 1 is 1.29 bits per heavy atom. The molecule has 7 heteroatoms. The van der Waals surface area contributed by atoms with Gasteiger partial charge in [0.2, 0.25) is 0 Å². The van der Waals surface area contributed by atoms with Crippen molar-refractivity contribution < 1.29 is 19.8 Å². The van der Waals surface area contributed by atoms with Gasteiger partial charge in [-0.15, -0.1) is 11.8 Å². The van der Waals surface area contributed by atoms with E-state index in [1.807, 2.05) is 6.92 Å². The molecule has 0 bridgehead atoms. The van der Waals surface area contributed by atoms with Gasteiger partial charge in [0.15, 0.2) is 0 Å². The van der Waals surface area contributed by atoms with E-state index >= 15 is 0 Å². The Kier molecular flexibility index (Phi) is 4.05. The summed E-state index contributed by atoms with van der Waals surface area (Å²) in [5.41, 5.74) is 0. The van der Waals surface area contributed by atoms with Gasteiger partial charge in [-0.05, 0) is 31.1 Å². The summed E-state index contributed by atoms with van der Waals surface area (Å²) in [6.07, 6.45) is 3.02. The summed E-state index contributed by atoms with van der Waals surface area (Å²) in [5, 5.41) is 18.9. The third-order valence-corrected chi connectivity index (χ3v) is 6.34. The molecule has 118 valence electrons. The molecule has 3 fully saturated rings. The van der Waals surface area contributed by atoms with Crippen molar-refractivity contribution in [1.29, 1.82) is 0 Å². The summed E-state index contributed by atoms with van der Waals surface area (Å²) in [5.74, 6) is 0.245. The van der Waals surface area contributed by atoms with Crippen LogP contribution in [0.2, 0.25) is 0 Å². The van der Waals surface area contributed by atoms with Gasteiger partial charge in [0.1, 0.15) is 6.04 Å². The van der Waals surface area contributed by atoms with E-state index in [9.17, 15) is 19.8 Å². The van der Waals surface area contributed by atoms with Crippen LogP contribution in [0.25, 0.3) is 0 Å². The van der Waals surface area contributed by atoms with Gasteiger partial charge in [-0.3, -0.25) is 4.90 Å². The molecule has 0 spiro atoms. The largest absolute Gasteiger partial charge is 0.480 e. The molecule has 0 aromatic heterocycles. The molecular weight excluding hydrogens is 292 g/mol. The summed E-state index contributed by atoms with van der Waals surface area (Å²) in [6.45, 7) is 2.58. The van der Waals surface area contributed by atoms with Gasteiger partial charge in [0.05, 0.1) is 18.0 Å². The fourth-order valence-corrected chi connectivity index (χ4v) is 5.00. The molecule has 6 nitrogen and oxygen atoms in total. The highest BCUT2D eigenvalue weighted by Crippen LogP contribution is 2.46. The number of carbonyl (C=O) groups is 2. The first-order chi connectivity index (χ1) is 10.0. The van der Waals surface area contributed by atoms with Crippen LogP contribution in [0.4, 0.5) is 4.79 Å². The van der Waals surface area contributed by atoms with Gasteiger partial charge in [-0.25, -0.2) is 9.59 Å². The standard InChI is InChI=1S/C14H22N2O4S/c1-8-4-5-15(10(8)6-17)14(20)16-11(13(18)19)7-21-12(16)9-2-3-9/h8-12,17H,2-7H2,1H3,(H,18,19). The van der Waals surface area contributed by atoms with Gasteiger partial charge < -0.3 is 15.1 Å². The molecule has 3 rings (SSSR count). The molecule has 4 atom stereocenters. The van der Waals surface area contributed by atoms with Crippen molar-refractivity contribution in [3.8, 4) is 0 Å². The molecule has 1 saturated carbocycles. The van der Waals surface area contributed by atoms with Crippen LogP contribution < -0.4 is 0 Å². The number of hydrogen-bond acceptors (Lipinski definition) is 4. The van der Waals surface area contributed by atoms with Crippen molar-refractivity contribution >= 4 is 23.8 Å². The lowest BCUT2D eigenvalue weighted by molar-refractivity contribution is -0.141. The molecular formula is C14H22N2O4S. The van der Waals surface area contributed by atoms with Gasteiger partial charge in [-0.1, -0.05) is 6.92 Å². The maximum absolute atomic E-state index is 12.9. The van der Waals surface area contributed by atoms with Gasteiger partial charge in [-0.2, -0.15) is 0 Å². The van der Waals surface area contributed by atoms with Gasteiger partial charge in [0, 0.05) is 12.3 Å². The first-order valence-electron chi connectivity index (χ1n) is 7.58. The van der Waals surface area contributed by atoms with E-state index in [0.717, 1.165) is 19.3 Å². The number of rotatable bonds is 3. The lowest BCUT2D eigenvalue weighted by atomic mass is 10.0. The summed E-state index contributed by atoms with van der Waals surface area (Å²) >= 11 is 1.59. The number of carbonyl (C=O) groups excluding carboxylic acids is 1. The Labute approximate surface area is 128 Å². The summed E-state index contributed by atoms with van der Waals surface area (Å²) in [6, 6.07) is -1.12. The zero-order valence-corrected chi connectivity index (χ0v) is 13.0. The fourth-order valence-electron chi connectivity index (χ4n) is 3.38. The Balaban J connectivity index is 1.81. The number of urea groups is 1. The van der Waals surface area contributed by atoms with Crippen LogP contribution in [-0.2, 0) is 4.79 Å². The molecule has 2 amide bonds. The zero-order chi connectivity index (χ0) is 15.1. The molecule has 0 aromatic carbocycles. The van der Waals surface area contributed by atoms with E-state index < -0.39 is 12.0 Å². The van der Waals surface area contributed by atoms with Crippen molar-refractivity contribution in [2.75, 3.05) is 18.9 Å². The highest BCUT2D eigenvalue weighted by Gasteiger charge is 2.50. The summed E-state index contributed by atoms with van der Waals surface area (Å²) < 4.78 is 0. The average Bonchev–Trinajstić information content (AvgIpc) is 3.08. The third-order valence-electron chi connectivity index (χ3n) is 4.88. The van der Waals surface area contributed by atoms with Crippen LogP contribution in [0.5, 0.6) is 0 Å². The number of carboxylic acid groups (broad SMARTS) is 1. The number of hydrogen-bond donors (Lipinski definition) is 2. The highest BCUT2D eigenvalue weighted by atomic mass is 32.2. The van der Waals surface area contributed by atoms with Crippen LogP contribution in [0, 0.1) is 11.8 Å². The first-order valence-corrected chi connectivity index (χ1v) is 8.63. The molecule has 2 N–H and O–H groups in total. The predicted molar refractivity (Wildman–Crippen MR) is 79.0 cm³/mol. The second kappa shape index (κ2) is 5.68. The molecule has 4 unspecified atom stereocenters. The van der Waals surface area contributed by atoms with Crippen molar-refractivity contribution in [1.82, 2.24) is 9.80 Å². The van der Waals surface area contributed by atoms with Crippen molar-refractivity contribution in [3.05, 3.63) is 0 Å². The number of aliphatic hydroxyl groups excluding tert-OH is 1. The maximum atomic E-state index is 12.9. The van der Waals surface area contributed by atoms with E-state index in [4.69, 9.17) is 0 Å². The second-order valence-electron chi connectivity index (χ2n) is 6.31. The smallest absolute Gasteiger partial charge is 0.327 e. The normalized spacial score (nSPS) is 36.3. The Morgan fingerprint density at radius 2 is 2.00 bits per heavy atom. The number of carboxylic acids is 1. The van der Waals surface area contributed by atoms with E-state index in [2.05, 4.69) is 0 Å². The number of aliphatic hydroxyl groups is 1. The van der Waals surface area contributed by atoms with E-state index in [1.165, 1.54) is 0 Å². The molecule has 2 heterocycles. The number of thioether (sulfide) groups is 1.